The molecular weight excluding hydrogens is 286 g/mol. The first-order valence-electron chi connectivity index (χ1n) is 8.49. The third kappa shape index (κ3) is 3.04. The predicted octanol–water partition coefficient (Wildman–Crippen LogP) is 2.88. The minimum Gasteiger partial charge on any atom is -0.346 e. The van der Waals surface area contributed by atoms with Gasteiger partial charge in [-0.3, -0.25) is 4.79 Å². The van der Waals surface area contributed by atoms with Gasteiger partial charge in [-0.2, -0.15) is 0 Å². The minimum absolute atomic E-state index is 0.513. The summed E-state index contributed by atoms with van der Waals surface area (Å²) < 4.78 is 2.38. The van der Waals surface area contributed by atoms with E-state index in [1.54, 1.807) is 4.90 Å². The quantitative estimate of drug-likeness (QED) is 0.885. The lowest BCUT2D eigenvalue weighted by atomic mass is 9.91. The molecule has 23 heavy (non-hydrogen) atoms. The van der Waals surface area contributed by atoms with Gasteiger partial charge < -0.3 is 14.8 Å². The number of aromatic nitrogens is 1. The first kappa shape index (κ1) is 15.8. The van der Waals surface area contributed by atoms with Gasteiger partial charge in [0, 0.05) is 36.8 Å². The molecule has 2 aliphatic rings. The first-order valence-corrected chi connectivity index (χ1v) is 8.49. The van der Waals surface area contributed by atoms with Crippen LogP contribution in [0.25, 0.3) is 16.5 Å². The summed E-state index contributed by atoms with van der Waals surface area (Å²) in [5.41, 5.74) is 4.34. The van der Waals surface area contributed by atoms with Gasteiger partial charge in [0.25, 0.3) is 0 Å². The molecule has 2 aromatic rings. The summed E-state index contributed by atoms with van der Waals surface area (Å²) in [4.78, 5) is 11.6. The summed E-state index contributed by atoms with van der Waals surface area (Å²) in [6.07, 6.45) is 6.64. The average Bonchev–Trinajstić information content (AvgIpc) is 3.02. The lowest BCUT2D eigenvalue weighted by molar-refractivity contribution is -0.117. The summed E-state index contributed by atoms with van der Waals surface area (Å²) in [5.74, 6) is 0. The molecule has 2 aliphatic heterocycles. The van der Waals surface area contributed by atoms with Gasteiger partial charge in [-0.1, -0.05) is 24.3 Å². The van der Waals surface area contributed by atoms with E-state index in [1.807, 2.05) is 13.8 Å². The van der Waals surface area contributed by atoms with E-state index in [9.17, 15) is 4.79 Å². The third-order valence-electron chi connectivity index (χ3n) is 4.71. The molecule has 3 heterocycles. The van der Waals surface area contributed by atoms with Crippen molar-refractivity contribution in [2.24, 2.45) is 0 Å². The fraction of sp³-hybridized carbons (Fsp3) is 0.421. The van der Waals surface area contributed by atoms with Crippen LogP contribution in [0.5, 0.6) is 0 Å². The number of carbonyl (C=O) groups is 1. The highest BCUT2D eigenvalue weighted by molar-refractivity contribution is 5.94. The van der Waals surface area contributed by atoms with E-state index in [2.05, 4.69) is 46.4 Å². The molecule has 0 radical (unpaired) electrons. The van der Waals surface area contributed by atoms with Crippen molar-refractivity contribution in [3.63, 3.8) is 0 Å². The number of hydrogen-bond acceptors (Lipinski definition) is 2. The highest BCUT2D eigenvalue weighted by Gasteiger charge is 2.26. The average molecular weight is 311 g/mol. The number of rotatable bonds is 3. The lowest BCUT2D eigenvalue weighted by Gasteiger charge is -2.31. The summed E-state index contributed by atoms with van der Waals surface area (Å²) in [5, 5.41) is 4.97. The standard InChI is InChI=1S/C14H14N2.C5H11NO/c1-3-10-6-8-16-9-13-11(5-2-7-15-13)12(4-1)14(10)16;1-3-6(4-2)5-7/h1,3-6,8,13,15H,2,7,9H2;5H,3-4H2,1-2H3. The number of hydrogen-bond donors (Lipinski definition) is 1. The van der Waals surface area contributed by atoms with Crippen LogP contribution >= 0.6 is 0 Å². The molecule has 1 unspecified atom stereocenters. The summed E-state index contributed by atoms with van der Waals surface area (Å²) in [6.45, 7) is 7.74. The maximum Gasteiger partial charge on any atom is 0.209 e. The molecule has 0 saturated heterocycles. The second kappa shape index (κ2) is 7.01. The molecule has 0 bridgehead atoms. The predicted molar refractivity (Wildman–Crippen MR) is 95.3 cm³/mol. The van der Waals surface area contributed by atoms with Crippen molar-refractivity contribution in [3.05, 3.63) is 42.1 Å². The zero-order valence-electron chi connectivity index (χ0n) is 14.0. The largest absolute Gasteiger partial charge is 0.346 e. The Balaban J connectivity index is 0.000000193. The Morgan fingerprint density at radius 1 is 1.30 bits per heavy atom. The zero-order chi connectivity index (χ0) is 16.2. The van der Waals surface area contributed by atoms with Crippen molar-refractivity contribution in [1.82, 2.24) is 14.8 Å². The SMILES string of the molecule is C1=C2c3cccc4ccn(c34)CC2NCC1.CCN(C=O)CC. The lowest BCUT2D eigenvalue weighted by Crippen LogP contribution is -2.39. The summed E-state index contributed by atoms with van der Waals surface area (Å²) in [7, 11) is 0. The van der Waals surface area contributed by atoms with Crippen molar-refractivity contribution >= 4 is 22.9 Å². The van der Waals surface area contributed by atoms with Crippen molar-refractivity contribution in [1.29, 1.82) is 0 Å². The van der Waals surface area contributed by atoms with Gasteiger partial charge in [-0.25, -0.2) is 0 Å². The summed E-state index contributed by atoms with van der Waals surface area (Å²) in [6, 6.07) is 9.35. The number of nitrogens with zero attached hydrogens (tertiary/aromatic N) is 2. The molecule has 4 nitrogen and oxygen atoms in total. The van der Waals surface area contributed by atoms with E-state index in [0.29, 0.717) is 6.04 Å². The van der Waals surface area contributed by atoms with Gasteiger partial charge in [-0.15, -0.1) is 0 Å². The van der Waals surface area contributed by atoms with Crippen LogP contribution in [0, 0.1) is 0 Å². The van der Waals surface area contributed by atoms with E-state index < -0.39 is 0 Å². The van der Waals surface area contributed by atoms with Gasteiger partial charge >= 0.3 is 0 Å². The van der Waals surface area contributed by atoms with E-state index in [0.717, 1.165) is 39.0 Å². The Morgan fingerprint density at radius 3 is 2.83 bits per heavy atom. The van der Waals surface area contributed by atoms with Crippen LogP contribution in [-0.2, 0) is 11.3 Å². The number of benzene rings is 1. The normalized spacial score (nSPS) is 18.5. The number of para-hydroxylation sites is 1. The molecule has 1 atom stereocenters. The van der Waals surface area contributed by atoms with Crippen LogP contribution < -0.4 is 5.32 Å². The molecule has 1 N–H and O–H groups in total. The van der Waals surface area contributed by atoms with E-state index in [4.69, 9.17) is 0 Å². The Hall–Kier alpha value is -2.07. The van der Waals surface area contributed by atoms with Crippen LogP contribution in [-0.4, -0.2) is 41.6 Å². The Bertz CT molecular complexity index is 712. The molecule has 1 aromatic carbocycles. The van der Waals surface area contributed by atoms with E-state index in [1.165, 1.54) is 22.0 Å². The highest BCUT2D eigenvalue weighted by atomic mass is 16.1. The van der Waals surface area contributed by atoms with Crippen molar-refractivity contribution in [3.8, 4) is 0 Å². The molecule has 1 aromatic heterocycles. The van der Waals surface area contributed by atoms with Crippen molar-refractivity contribution in [2.75, 3.05) is 19.6 Å². The number of nitrogens with one attached hydrogen (secondary N) is 1. The maximum atomic E-state index is 9.89. The number of fused-ring (bicyclic) bond motifs is 2. The minimum atomic E-state index is 0.513. The van der Waals surface area contributed by atoms with Gasteiger partial charge in [0.1, 0.15) is 0 Å². The zero-order valence-corrected chi connectivity index (χ0v) is 14.0. The van der Waals surface area contributed by atoms with Crippen molar-refractivity contribution in [2.45, 2.75) is 32.9 Å². The topological polar surface area (TPSA) is 37.3 Å². The van der Waals surface area contributed by atoms with Crippen LogP contribution in [0.1, 0.15) is 25.8 Å². The van der Waals surface area contributed by atoms with Crippen LogP contribution in [0.15, 0.2) is 36.5 Å². The molecule has 4 rings (SSSR count). The first-order chi connectivity index (χ1) is 11.3. The second-order valence-corrected chi connectivity index (χ2v) is 5.99. The van der Waals surface area contributed by atoms with Crippen LogP contribution in [0.3, 0.4) is 0 Å². The maximum absolute atomic E-state index is 9.89. The van der Waals surface area contributed by atoms with Gasteiger partial charge in [-0.05, 0) is 38.5 Å². The monoisotopic (exact) mass is 311 g/mol. The van der Waals surface area contributed by atoms with Gasteiger partial charge in [0.15, 0.2) is 0 Å². The molecule has 122 valence electrons. The molecule has 0 spiro atoms. The summed E-state index contributed by atoms with van der Waals surface area (Å²) >= 11 is 0. The molecule has 0 fully saturated rings. The molecular formula is C19H25N3O. The molecule has 1 amide bonds. The van der Waals surface area contributed by atoms with E-state index in [-0.39, 0.29) is 0 Å². The van der Waals surface area contributed by atoms with Crippen LogP contribution in [0.2, 0.25) is 0 Å². The van der Waals surface area contributed by atoms with E-state index >= 15 is 0 Å². The Kier molecular flexibility index (Phi) is 4.82. The number of carbonyl (C=O) groups excluding carboxylic acids is 1. The Morgan fingerprint density at radius 2 is 2.13 bits per heavy atom. The molecule has 0 aliphatic carbocycles. The second-order valence-electron chi connectivity index (χ2n) is 5.99. The molecule has 0 saturated carbocycles. The fourth-order valence-electron chi connectivity index (χ4n) is 3.41. The van der Waals surface area contributed by atoms with Crippen molar-refractivity contribution < 1.29 is 4.79 Å². The van der Waals surface area contributed by atoms with Gasteiger partial charge in [0.2, 0.25) is 6.41 Å². The highest BCUT2D eigenvalue weighted by Crippen LogP contribution is 2.34. The smallest absolute Gasteiger partial charge is 0.209 e. The Labute approximate surface area is 137 Å². The van der Waals surface area contributed by atoms with Gasteiger partial charge in [0.05, 0.1) is 11.6 Å². The fourth-order valence-corrected chi connectivity index (χ4v) is 3.41. The number of amides is 1. The molecule has 4 heteroatoms. The van der Waals surface area contributed by atoms with Crippen LogP contribution in [0.4, 0.5) is 0 Å². The third-order valence-corrected chi connectivity index (χ3v) is 4.71.